The van der Waals surface area contributed by atoms with E-state index in [1.165, 1.54) is 5.56 Å². The number of carbonyl (C=O) groups is 1. The molecule has 1 rings (SSSR count). The van der Waals surface area contributed by atoms with Gasteiger partial charge in [0, 0.05) is 12.3 Å². The molecule has 1 unspecified atom stereocenters. The highest BCUT2D eigenvalue weighted by Gasteiger charge is 2.11. The van der Waals surface area contributed by atoms with Gasteiger partial charge in [0.25, 0.3) is 0 Å². The van der Waals surface area contributed by atoms with Gasteiger partial charge in [-0.3, -0.25) is 4.79 Å². The maximum atomic E-state index is 11.7. The zero-order chi connectivity index (χ0) is 11.1. The molecule has 0 amide bonds. The molecule has 1 atom stereocenters. The molecule has 84 valence electrons. The number of rotatable bonds is 7. The van der Waals surface area contributed by atoms with E-state index in [2.05, 4.69) is 16.8 Å². The molecule has 2 N–H and O–H groups in total. The van der Waals surface area contributed by atoms with Crippen LogP contribution >= 0.6 is 11.3 Å². The fourth-order valence-corrected chi connectivity index (χ4v) is 2.24. The van der Waals surface area contributed by atoms with Gasteiger partial charge in [-0.2, -0.15) is 11.3 Å². The summed E-state index contributed by atoms with van der Waals surface area (Å²) in [6, 6.07) is 2.09. The van der Waals surface area contributed by atoms with Crippen LogP contribution in [0.15, 0.2) is 16.8 Å². The lowest BCUT2D eigenvalue weighted by Gasteiger charge is -2.08. The van der Waals surface area contributed by atoms with Crippen LogP contribution in [0.25, 0.3) is 0 Å². The third-order valence-electron chi connectivity index (χ3n) is 2.63. The molecule has 0 aliphatic rings. The first-order chi connectivity index (χ1) is 7.24. The lowest BCUT2D eigenvalue weighted by atomic mass is 9.96. The quantitative estimate of drug-likeness (QED) is 0.775. The summed E-state index contributed by atoms with van der Waals surface area (Å²) < 4.78 is 0. The molecule has 3 heteroatoms. The molecule has 0 bridgehead atoms. The molecule has 2 nitrogen and oxygen atoms in total. The molecule has 1 heterocycles. The molecular formula is C12H19NOS. The van der Waals surface area contributed by atoms with Crippen LogP contribution in [0.4, 0.5) is 0 Å². The van der Waals surface area contributed by atoms with Crippen molar-refractivity contribution in [2.45, 2.75) is 32.6 Å². The van der Waals surface area contributed by atoms with Crippen LogP contribution in [-0.2, 0) is 11.2 Å². The van der Waals surface area contributed by atoms with Crippen molar-refractivity contribution in [2.75, 3.05) is 6.54 Å². The van der Waals surface area contributed by atoms with Gasteiger partial charge in [-0.05, 0) is 48.2 Å². The summed E-state index contributed by atoms with van der Waals surface area (Å²) >= 11 is 1.69. The van der Waals surface area contributed by atoms with E-state index < -0.39 is 0 Å². The van der Waals surface area contributed by atoms with Crippen LogP contribution in [-0.4, -0.2) is 12.3 Å². The summed E-state index contributed by atoms with van der Waals surface area (Å²) in [5, 5.41) is 4.16. The first-order valence-electron chi connectivity index (χ1n) is 5.48. The summed E-state index contributed by atoms with van der Waals surface area (Å²) in [4.78, 5) is 11.7. The van der Waals surface area contributed by atoms with Crippen molar-refractivity contribution in [1.29, 1.82) is 0 Å². The first kappa shape index (κ1) is 12.4. The second kappa shape index (κ2) is 6.75. The third-order valence-corrected chi connectivity index (χ3v) is 3.36. The largest absolute Gasteiger partial charge is 0.330 e. The first-order valence-corrected chi connectivity index (χ1v) is 6.42. The van der Waals surface area contributed by atoms with E-state index in [9.17, 15) is 4.79 Å². The van der Waals surface area contributed by atoms with Gasteiger partial charge in [0.05, 0.1) is 0 Å². The van der Waals surface area contributed by atoms with Crippen molar-refractivity contribution >= 4 is 17.1 Å². The van der Waals surface area contributed by atoms with Crippen LogP contribution in [0.1, 0.15) is 31.7 Å². The van der Waals surface area contributed by atoms with Crippen molar-refractivity contribution in [3.8, 4) is 0 Å². The number of carbonyl (C=O) groups excluding carboxylic acids is 1. The number of hydrogen-bond donors (Lipinski definition) is 1. The highest BCUT2D eigenvalue weighted by atomic mass is 32.1. The Morgan fingerprint density at radius 2 is 2.40 bits per heavy atom. The van der Waals surface area contributed by atoms with Gasteiger partial charge in [-0.15, -0.1) is 0 Å². The van der Waals surface area contributed by atoms with Crippen LogP contribution in [0.2, 0.25) is 0 Å². The molecule has 0 fully saturated rings. The average molecular weight is 225 g/mol. The molecule has 1 aromatic heterocycles. The minimum absolute atomic E-state index is 0.173. The Morgan fingerprint density at radius 1 is 1.60 bits per heavy atom. The second-order valence-electron chi connectivity index (χ2n) is 3.93. The van der Waals surface area contributed by atoms with Crippen molar-refractivity contribution in [1.82, 2.24) is 0 Å². The van der Waals surface area contributed by atoms with Gasteiger partial charge < -0.3 is 5.73 Å². The van der Waals surface area contributed by atoms with Gasteiger partial charge in [0.15, 0.2) is 0 Å². The molecule has 0 aliphatic carbocycles. The predicted octanol–water partition coefficient (Wildman–Crippen LogP) is 2.62. The molecule has 0 spiro atoms. The van der Waals surface area contributed by atoms with Gasteiger partial charge in [0.1, 0.15) is 5.78 Å². The van der Waals surface area contributed by atoms with Crippen LogP contribution < -0.4 is 5.73 Å². The van der Waals surface area contributed by atoms with Gasteiger partial charge in [-0.25, -0.2) is 0 Å². The lowest BCUT2D eigenvalue weighted by Crippen LogP contribution is -2.13. The zero-order valence-electron chi connectivity index (χ0n) is 9.24. The van der Waals surface area contributed by atoms with Crippen molar-refractivity contribution in [3.05, 3.63) is 22.4 Å². The Labute approximate surface area is 95.5 Å². The molecule has 15 heavy (non-hydrogen) atoms. The van der Waals surface area contributed by atoms with Gasteiger partial charge in [0.2, 0.25) is 0 Å². The summed E-state index contributed by atoms with van der Waals surface area (Å²) in [6.45, 7) is 2.69. The fourth-order valence-electron chi connectivity index (χ4n) is 1.53. The third kappa shape index (κ3) is 4.58. The van der Waals surface area contributed by atoms with Crippen molar-refractivity contribution in [2.24, 2.45) is 11.7 Å². The predicted molar refractivity (Wildman–Crippen MR) is 65.1 cm³/mol. The Balaban J connectivity index is 2.23. The smallest absolute Gasteiger partial charge is 0.136 e. The molecule has 0 aliphatic heterocycles. The normalized spacial score (nSPS) is 12.7. The lowest BCUT2D eigenvalue weighted by molar-refractivity contribution is -0.122. The van der Waals surface area contributed by atoms with Crippen LogP contribution in [0.3, 0.4) is 0 Å². The highest BCUT2D eigenvalue weighted by Crippen LogP contribution is 2.13. The summed E-state index contributed by atoms with van der Waals surface area (Å²) in [5.74, 6) is 0.543. The summed E-state index contributed by atoms with van der Waals surface area (Å²) in [7, 11) is 0. The monoisotopic (exact) mass is 225 g/mol. The van der Waals surface area contributed by atoms with Gasteiger partial charge >= 0.3 is 0 Å². The van der Waals surface area contributed by atoms with E-state index in [4.69, 9.17) is 5.73 Å². The van der Waals surface area contributed by atoms with E-state index in [-0.39, 0.29) is 5.92 Å². The van der Waals surface area contributed by atoms with E-state index in [0.717, 1.165) is 19.3 Å². The standard InChI is InChI=1S/C12H19NOS/c1-10(3-2-7-13)12(14)5-4-11-6-8-15-9-11/h6,8-10H,2-5,7,13H2,1H3. The highest BCUT2D eigenvalue weighted by molar-refractivity contribution is 7.07. The van der Waals surface area contributed by atoms with E-state index in [1.807, 2.05) is 6.92 Å². The number of hydrogen-bond acceptors (Lipinski definition) is 3. The average Bonchev–Trinajstić information content (AvgIpc) is 2.75. The Hall–Kier alpha value is -0.670. The molecule has 0 radical (unpaired) electrons. The van der Waals surface area contributed by atoms with E-state index >= 15 is 0 Å². The number of Topliss-reactive ketones (excluding diaryl/α,β-unsaturated/α-hetero) is 1. The molecule has 0 saturated carbocycles. The SMILES string of the molecule is CC(CCCN)C(=O)CCc1ccsc1. The van der Waals surface area contributed by atoms with Crippen LogP contribution in [0.5, 0.6) is 0 Å². The van der Waals surface area contributed by atoms with Gasteiger partial charge in [-0.1, -0.05) is 6.92 Å². The Kier molecular flexibility index (Phi) is 5.58. The number of ketones is 1. The topological polar surface area (TPSA) is 43.1 Å². The summed E-state index contributed by atoms with van der Waals surface area (Å²) in [5.41, 5.74) is 6.70. The maximum Gasteiger partial charge on any atom is 0.136 e. The Bertz CT molecular complexity index is 282. The Morgan fingerprint density at radius 3 is 3.00 bits per heavy atom. The molecule has 0 saturated heterocycles. The zero-order valence-corrected chi connectivity index (χ0v) is 10.1. The van der Waals surface area contributed by atoms with Crippen molar-refractivity contribution in [3.63, 3.8) is 0 Å². The number of thiophene rings is 1. The summed E-state index contributed by atoms with van der Waals surface area (Å²) in [6.07, 6.45) is 3.43. The minimum atomic E-state index is 0.173. The maximum absolute atomic E-state index is 11.7. The van der Waals surface area contributed by atoms with Crippen LogP contribution in [0, 0.1) is 5.92 Å². The number of nitrogens with two attached hydrogens (primary N) is 1. The number of aryl methyl sites for hydroxylation is 1. The van der Waals surface area contributed by atoms with Crippen molar-refractivity contribution < 1.29 is 4.79 Å². The van der Waals surface area contributed by atoms with E-state index in [1.54, 1.807) is 11.3 Å². The molecule has 0 aromatic carbocycles. The molecular weight excluding hydrogens is 206 g/mol. The molecule has 1 aromatic rings. The van der Waals surface area contributed by atoms with E-state index in [0.29, 0.717) is 18.7 Å². The fraction of sp³-hybridized carbons (Fsp3) is 0.583. The second-order valence-corrected chi connectivity index (χ2v) is 4.71. The minimum Gasteiger partial charge on any atom is -0.330 e.